The molecule has 0 aliphatic heterocycles. The Morgan fingerprint density at radius 3 is 2.20 bits per heavy atom. The van der Waals surface area contributed by atoms with Crippen molar-refractivity contribution < 1.29 is 27.5 Å². The van der Waals surface area contributed by atoms with Crippen LogP contribution in [0.2, 0.25) is 0 Å². The third-order valence-corrected chi connectivity index (χ3v) is 7.32. The van der Waals surface area contributed by atoms with Gasteiger partial charge in [0, 0.05) is 24.2 Å². The van der Waals surface area contributed by atoms with Gasteiger partial charge in [0.25, 0.3) is 5.91 Å². The van der Waals surface area contributed by atoms with Crippen LogP contribution in [0.5, 0.6) is 0 Å². The van der Waals surface area contributed by atoms with Crippen molar-refractivity contribution >= 4 is 33.4 Å². The summed E-state index contributed by atoms with van der Waals surface area (Å²) in [4.78, 5) is 37.7. The van der Waals surface area contributed by atoms with Crippen LogP contribution in [-0.2, 0) is 19.6 Å². The lowest BCUT2D eigenvalue weighted by molar-refractivity contribution is -0.119. The second-order valence-electron chi connectivity index (χ2n) is 8.01. The molecule has 0 unspecified atom stereocenters. The van der Waals surface area contributed by atoms with E-state index in [-0.39, 0.29) is 28.0 Å². The van der Waals surface area contributed by atoms with Crippen LogP contribution in [0.1, 0.15) is 40.1 Å². The summed E-state index contributed by atoms with van der Waals surface area (Å²) in [7, 11) is -2.33. The average molecular weight is 495 g/mol. The molecule has 0 aliphatic carbocycles. The highest BCUT2D eigenvalue weighted by atomic mass is 32.2. The Morgan fingerprint density at radius 1 is 0.886 bits per heavy atom. The molecule has 0 bridgehead atoms. The van der Waals surface area contributed by atoms with Crippen LogP contribution in [-0.4, -0.2) is 50.1 Å². The van der Waals surface area contributed by atoms with Gasteiger partial charge in [-0.1, -0.05) is 48.5 Å². The van der Waals surface area contributed by atoms with Crippen LogP contribution in [0.4, 0.5) is 5.69 Å². The molecule has 3 rings (SSSR count). The number of nitrogens with zero attached hydrogens (tertiary/aromatic N) is 1. The molecular weight excluding hydrogens is 468 g/mol. The van der Waals surface area contributed by atoms with Crippen molar-refractivity contribution in [1.29, 1.82) is 0 Å². The third-order valence-electron chi connectivity index (χ3n) is 5.29. The van der Waals surface area contributed by atoms with Gasteiger partial charge in [-0.15, -0.1) is 0 Å². The minimum Gasteiger partial charge on any atom is -0.452 e. The minimum atomic E-state index is -3.79. The van der Waals surface area contributed by atoms with Gasteiger partial charge >= 0.3 is 5.97 Å². The second kappa shape index (κ2) is 11.1. The summed E-state index contributed by atoms with van der Waals surface area (Å²) in [6, 6.07) is 20.3. The van der Waals surface area contributed by atoms with Gasteiger partial charge in [0.05, 0.1) is 16.1 Å². The third kappa shape index (κ3) is 6.20. The lowest BCUT2D eigenvalue weighted by Crippen LogP contribution is -2.33. The molecule has 3 aromatic rings. The van der Waals surface area contributed by atoms with Gasteiger partial charge in [0.2, 0.25) is 10.0 Å². The van der Waals surface area contributed by atoms with E-state index in [0.29, 0.717) is 11.1 Å². The Bertz CT molecular complexity index is 1340. The summed E-state index contributed by atoms with van der Waals surface area (Å²) in [6.45, 7) is 2.86. The van der Waals surface area contributed by atoms with Crippen molar-refractivity contribution in [3.63, 3.8) is 0 Å². The number of benzene rings is 3. The lowest BCUT2D eigenvalue weighted by Gasteiger charge is -2.21. The molecule has 9 heteroatoms. The fourth-order valence-electron chi connectivity index (χ4n) is 3.16. The maximum absolute atomic E-state index is 12.8. The summed E-state index contributed by atoms with van der Waals surface area (Å²) >= 11 is 0. The van der Waals surface area contributed by atoms with Gasteiger partial charge in [-0.05, 0) is 44.2 Å². The van der Waals surface area contributed by atoms with E-state index >= 15 is 0 Å². The quantitative estimate of drug-likeness (QED) is 0.358. The number of rotatable bonds is 9. The number of para-hydroxylation sites is 1. The Kier molecular flexibility index (Phi) is 8.16. The van der Waals surface area contributed by atoms with Crippen molar-refractivity contribution in [2.45, 2.75) is 24.8 Å². The van der Waals surface area contributed by atoms with Gasteiger partial charge in [-0.2, -0.15) is 4.31 Å². The predicted octanol–water partition coefficient (Wildman–Crippen LogP) is 3.74. The van der Waals surface area contributed by atoms with Crippen LogP contribution in [0.3, 0.4) is 0 Å². The zero-order chi connectivity index (χ0) is 25.6. The number of ether oxygens (including phenoxy) is 1. The molecule has 1 N–H and O–H groups in total. The van der Waals surface area contributed by atoms with E-state index in [2.05, 4.69) is 5.32 Å². The second-order valence-corrected chi connectivity index (χ2v) is 10.0. The van der Waals surface area contributed by atoms with Gasteiger partial charge in [0.1, 0.15) is 0 Å². The molecule has 0 aliphatic rings. The summed E-state index contributed by atoms with van der Waals surface area (Å²) in [5.74, 6) is -1.75. The molecule has 0 aromatic heterocycles. The van der Waals surface area contributed by atoms with Crippen LogP contribution < -0.4 is 5.32 Å². The first-order chi connectivity index (χ1) is 16.6. The molecule has 1 amide bonds. The first kappa shape index (κ1) is 25.8. The molecule has 0 heterocycles. The molecule has 0 fully saturated rings. The normalized spacial score (nSPS) is 11.3. The van der Waals surface area contributed by atoms with E-state index < -0.39 is 28.5 Å². The lowest BCUT2D eigenvalue weighted by atomic mass is 10.0. The molecule has 3 aromatic carbocycles. The van der Waals surface area contributed by atoms with E-state index in [0.717, 1.165) is 0 Å². The van der Waals surface area contributed by atoms with Crippen LogP contribution in [0.25, 0.3) is 0 Å². The Labute approximate surface area is 204 Å². The molecule has 182 valence electrons. The number of sulfonamides is 1. The van der Waals surface area contributed by atoms with Gasteiger partial charge < -0.3 is 10.1 Å². The highest BCUT2D eigenvalue weighted by Crippen LogP contribution is 2.20. The largest absolute Gasteiger partial charge is 0.452 e. The fraction of sp³-hybridized carbons (Fsp3) is 0.192. The predicted molar refractivity (Wildman–Crippen MR) is 132 cm³/mol. The van der Waals surface area contributed by atoms with Crippen molar-refractivity contribution in [3.05, 3.63) is 95.6 Å². The number of hydrogen-bond donors (Lipinski definition) is 1. The first-order valence-electron chi connectivity index (χ1n) is 10.8. The molecule has 0 atom stereocenters. The number of carbonyl (C=O) groups is 3. The number of hydrogen-bond acceptors (Lipinski definition) is 6. The van der Waals surface area contributed by atoms with Crippen LogP contribution >= 0.6 is 0 Å². The maximum atomic E-state index is 12.8. The van der Waals surface area contributed by atoms with Crippen LogP contribution in [0.15, 0.2) is 83.8 Å². The van der Waals surface area contributed by atoms with Gasteiger partial charge in [-0.3, -0.25) is 9.59 Å². The first-order valence-corrected chi connectivity index (χ1v) is 12.3. The smallest absolute Gasteiger partial charge is 0.338 e. The monoisotopic (exact) mass is 494 g/mol. The number of amides is 1. The number of nitrogens with one attached hydrogen (secondary N) is 1. The molecule has 0 saturated carbocycles. The average Bonchev–Trinajstić information content (AvgIpc) is 2.87. The molecular formula is C26H26N2O6S. The standard InChI is InChI=1S/C26H26N2O6S/c1-18(2)28(3)35(32,33)21-13-9-12-20(16-21)26(31)34-17-24(29)27-23-15-8-7-14-22(23)25(30)19-10-5-4-6-11-19/h4-16,18H,17H2,1-3H3,(H,27,29). The van der Waals surface area contributed by atoms with Gasteiger partial charge in [0.15, 0.2) is 12.4 Å². The molecule has 8 nitrogen and oxygen atoms in total. The fourth-order valence-corrected chi connectivity index (χ4v) is 4.58. The SMILES string of the molecule is CC(C)N(C)S(=O)(=O)c1cccc(C(=O)OCC(=O)Nc2ccccc2C(=O)c2ccccc2)c1. The zero-order valence-electron chi connectivity index (χ0n) is 19.6. The zero-order valence-corrected chi connectivity index (χ0v) is 20.4. The molecule has 0 spiro atoms. The number of carbonyl (C=O) groups excluding carboxylic acids is 3. The maximum Gasteiger partial charge on any atom is 0.338 e. The highest BCUT2D eigenvalue weighted by molar-refractivity contribution is 7.89. The van der Waals surface area contributed by atoms with Gasteiger partial charge in [-0.25, -0.2) is 13.2 Å². The van der Waals surface area contributed by atoms with E-state index in [1.165, 1.54) is 35.6 Å². The number of anilines is 1. The van der Waals surface area contributed by atoms with E-state index in [9.17, 15) is 22.8 Å². The van der Waals surface area contributed by atoms with Crippen molar-refractivity contribution in [3.8, 4) is 0 Å². The van der Waals surface area contributed by atoms with Crippen molar-refractivity contribution in [2.24, 2.45) is 0 Å². The topological polar surface area (TPSA) is 110 Å². The van der Waals surface area contributed by atoms with Crippen molar-refractivity contribution in [2.75, 3.05) is 19.0 Å². The van der Waals surface area contributed by atoms with E-state index in [4.69, 9.17) is 4.74 Å². The summed E-state index contributed by atoms with van der Waals surface area (Å²) in [6.07, 6.45) is 0. The Morgan fingerprint density at radius 2 is 1.51 bits per heavy atom. The minimum absolute atomic E-state index is 0.00399. The number of ketones is 1. The Balaban J connectivity index is 1.68. The Hall–Kier alpha value is -3.82. The van der Waals surface area contributed by atoms with E-state index in [1.807, 2.05) is 0 Å². The summed E-state index contributed by atoms with van der Waals surface area (Å²) < 4.78 is 31.7. The highest BCUT2D eigenvalue weighted by Gasteiger charge is 2.24. The molecule has 0 radical (unpaired) electrons. The molecule has 0 saturated heterocycles. The summed E-state index contributed by atoms with van der Waals surface area (Å²) in [5.41, 5.74) is 1.05. The summed E-state index contributed by atoms with van der Waals surface area (Å²) in [5, 5.41) is 2.59. The van der Waals surface area contributed by atoms with Crippen LogP contribution in [0, 0.1) is 0 Å². The van der Waals surface area contributed by atoms with E-state index in [1.54, 1.807) is 68.4 Å². The molecule has 35 heavy (non-hydrogen) atoms. The number of esters is 1. The van der Waals surface area contributed by atoms with Crippen molar-refractivity contribution in [1.82, 2.24) is 4.31 Å².